The van der Waals surface area contributed by atoms with E-state index >= 15 is 0 Å². The predicted octanol–water partition coefficient (Wildman–Crippen LogP) is 0.775. The number of rotatable bonds is 6. The van der Waals surface area contributed by atoms with Gasteiger partial charge in [0.05, 0.1) is 12.9 Å². The lowest BCUT2D eigenvalue weighted by atomic mass is 10.1. The minimum absolute atomic E-state index is 0.0618. The molecule has 2 N–H and O–H groups in total. The fraction of sp³-hybridized carbons (Fsp3) is 0.286. The second-order valence-electron chi connectivity index (χ2n) is 4.23. The minimum Gasteiger partial charge on any atom is -0.395 e. The highest BCUT2D eigenvalue weighted by atomic mass is 16.3. The van der Waals surface area contributed by atoms with Gasteiger partial charge in [0.1, 0.15) is 6.04 Å². The summed E-state index contributed by atoms with van der Waals surface area (Å²) in [5.41, 5.74) is 1.08. The second kappa shape index (κ2) is 6.70. The Balaban J connectivity index is 2.13. The summed E-state index contributed by atoms with van der Waals surface area (Å²) in [6.07, 6.45) is 5.64. The summed E-state index contributed by atoms with van der Waals surface area (Å²) in [6.45, 7) is 0.201. The Morgan fingerprint density at radius 2 is 2.16 bits per heavy atom. The zero-order valence-electron chi connectivity index (χ0n) is 10.6. The van der Waals surface area contributed by atoms with Crippen LogP contribution in [0.1, 0.15) is 11.6 Å². The van der Waals surface area contributed by atoms with Gasteiger partial charge in [0, 0.05) is 25.4 Å². The van der Waals surface area contributed by atoms with Crippen LogP contribution in [0.5, 0.6) is 0 Å². The Bertz CT molecular complexity index is 497. The van der Waals surface area contributed by atoms with Gasteiger partial charge in [0.25, 0.3) is 0 Å². The zero-order chi connectivity index (χ0) is 13.5. The molecule has 5 nitrogen and oxygen atoms in total. The number of amides is 1. The molecule has 1 amide bonds. The number of hydrogen-bond acceptors (Lipinski definition) is 3. The quantitative estimate of drug-likeness (QED) is 0.805. The van der Waals surface area contributed by atoms with Gasteiger partial charge in [-0.1, -0.05) is 30.3 Å². The molecule has 0 aliphatic carbocycles. The van der Waals surface area contributed by atoms with Gasteiger partial charge < -0.3 is 15.0 Å². The molecule has 1 aromatic heterocycles. The maximum atomic E-state index is 12.1. The SMILES string of the molecule is O=C(NCCO)[C@H](Cc1ccccc1)n1ccnc1. The molecule has 0 aliphatic heterocycles. The van der Waals surface area contributed by atoms with Crippen LogP contribution in [-0.4, -0.2) is 33.7 Å². The molecule has 1 aromatic carbocycles. The van der Waals surface area contributed by atoms with Crippen molar-refractivity contribution in [3.05, 3.63) is 54.6 Å². The van der Waals surface area contributed by atoms with Gasteiger partial charge in [-0.2, -0.15) is 0 Å². The monoisotopic (exact) mass is 259 g/mol. The largest absolute Gasteiger partial charge is 0.395 e. The van der Waals surface area contributed by atoms with Crippen molar-refractivity contribution in [3.63, 3.8) is 0 Å². The Morgan fingerprint density at radius 3 is 2.79 bits per heavy atom. The highest BCUT2D eigenvalue weighted by Crippen LogP contribution is 2.14. The second-order valence-corrected chi connectivity index (χ2v) is 4.23. The summed E-state index contributed by atoms with van der Waals surface area (Å²) in [7, 11) is 0. The third-order valence-corrected chi connectivity index (χ3v) is 2.87. The van der Waals surface area contributed by atoms with E-state index in [9.17, 15) is 4.79 Å². The fourth-order valence-corrected chi connectivity index (χ4v) is 1.92. The maximum Gasteiger partial charge on any atom is 0.243 e. The van der Waals surface area contributed by atoms with Gasteiger partial charge in [0.2, 0.25) is 5.91 Å². The van der Waals surface area contributed by atoms with Gasteiger partial charge >= 0.3 is 0 Å². The molecule has 0 saturated carbocycles. The summed E-state index contributed by atoms with van der Waals surface area (Å²) in [5, 5.41) is 11.5. The average molecular weight is 259 g/mol. The van der Waals surface area contributed by atoms with Crippen LogP contribution in [0.15, 0.2) is 49.1 Å². The van der Waals surface area contributed by atoms with Crippen molar-refractivity contribution in [2.45, 2.75) is 12.5 Å². The molecule has 1 heterocycles. The summed E-state index contributed by atoms with van der Waals surface area (Å²) in [5.74, 6) is -0.115. The van der Waals surface area contributed by atoms with Gasteiger partial charge in [-0.3, -0.25) is 4.79 Å². The van der Waals surface area contributed by atoms with Crippen molar-refractivity contribution >= 4 is 5.91 Å². The Hall–Kier alpha value is -2.14. The number of carbonyl (C=O) groups excluding carboxylic acids is 1. The molecule has 2 rings (SSSR count). The van der Waals surface area contributed by atoms with Gasteiger partial charge in [-0.05, 0) is 5.56 Å². The van der Waals surface area contributed by atoms with Gasteiger partial charge in [0.15, 0.2) is 0 Å². The number of nitrogens with zero attached hydrogens (tertiary/aromatic N) is 2. The fourth-order valence-electron chi connectivity index (χ4n) is 1.92. The Morgan fingerprint density at radius 1 is 1.37 bits per heavy atom. The van der Waals surface area contributed by atoms with Crippen molar-refractivity contribution in [2.75, 3.05) is 13.2 Å². The number of hydrogen-bond donors (Lipinski definition) is 2. The van der Waals surface area contributed by atoms with E-state index in [2.05, 4.69) is 10.3 Å². The molecular formula is C14H17N3O2. The molecule has 100 valence electrons. The van der Waals surface area contributed by atoms with Crippen molar-refractivity contribution < 1.29 is 9.90 Å². The van der Waals surface area contributed by atoms with E-state index in [0.29, 0.717) is 6.42 Å². The van der Waals surface area contributed by atoms with Crippen LogP contribution in [0.25, 0.3) is 0 Å². The van der Waals surface area contributed by atoms with Crippen molar-refractivity contribution in [3.8, 4) is 0 Å². The molecule has 5 heteroatoms. The molecule has 19 heavy (non-hydrogen) atoms. The third kappa shape index (κ3) is 3.66. The molecule has 0 radical (unpaired) electrons. The van der Waals surface area contributed by atoms with Crippen LogP contribution in [0, 0.1) is 0 Å². The first kappa shape index (κ1) is 13.3. The van der Waals surface area contributed by atoms with E-state index in [1.807, 2.05) is 30.3 Å². The first-order chi connectivity index (χ1) is 9.31. The molecule has 1 atom stereocenters. The van der Waals surface area contributed by atoms with Crippen LogP contribution in [0.4, 0.5) is 0 Å². The maximum absolute atomic E-state index is 12.1. The molecule has 0 bridgehead atoms. The van der Waals surface area contributed by atoms with E-state index in [4.69, 9.17) is 5.11 Å². The summed E-state index contributed by atoms with van der Waals surface area (Å²) in [4.78, 5) is 16.1. The lowest BCUT2D eigenvalue weighted by molar-refractivity contribution is -0.124. The zero-order valence-corrected chi connectivity index (χ0v) is 10.6. The van der Waals surface area contributed by atoms with Crippen molar-refractivity contribution in [1.29, 1.82) is 0 Å². The number of imidazole rings is 1. The molecule has 0 saturated heterocycles. The molecule has 0 fully saturated rings. The highest BCUT2D eigenvalue weighted by molar-refractivity contribution is 5.80. The van der Waals surface area contributed by atoms with Crippen LogP contribution in [-0.2, 0) is 11.2 Å². The molecular weight excluding hydrogens is 242 g/mol. The summed E-state index contributed by atoms with van der Waals surface area (Å²) in [6, 6.07) is 9.47. The number of aliphatic hydroxyl groups excluding tert-OH is 1. The topological polar surface area (TPSA) is 67.2 Å². The van der Waals surface area contributed by atoms with E-state index in [-0.39, 0.29) is 25.1 Å². The lowest BCUT2D eigenvalue weighted by Gasteiger charge is -2.18. The summed E-state index contributed by atoms with van der Waals surface area (Å²) >= 11 is 0. The van der Waals surface area contributed by atoms with Crippen LogP contribution in [0.3, 0.4) is 0 Å². The van der Waals surface area contributed by atoms with Gasteiger partial charge in [-0.25, -0.2) is 4.98 Å². The Kier molecular flexibility index (Phi) is 4.69. The molecule has 0 spiro atoms. The van der Waals surface area contributed by atoms with Gasteiger partial charge in [-0.15, -0.1) is 0 Å². The molecule has 0 unspecified atom stereocenters. The molecule has 2 aromatic rings. The van der Waals surface area contributed by atoms with Crippen LogP contribution >= 0.6 is 0 Å². The van der Waals surface area contributed by atoms with E-state index in [1.165, 1.54) is 0 Å². The predicted molar refractivity (Wildman–Crippen MR) is 71.5 cm³/mol. The lowest BCUT2D eigenvalue weighted by Crippen LogP contribution is -2.35. The Labute approximate surface area is 111 Å². The highest BCUT2D eigenvalue weighted by Gasteiger charge is 2.19. The number of benzene rings is 1. The summed E-state index contributed by atoms with van der Waals surface area (Å²) < 4.78 is 1.78. The number of aromatic nitrogens is 2. The van der Waals surface area contributed by atoms with E-state index in [1.54, 1.807) is 23.3 Å². The van der Waals surface area contributed by atoms with Crippen molar-refractivity contribution in [2.24, 2.45) is 0 Å². The van der Waals surface area contributed by atoms with E-state index < -0.39 is 0 Å². The van der Waals surface area contributed by atoms with Crippen LogP contribution < -0.4 is 5.32 Å². The first-order valence-electron chi connectivity index (χ1n) is 6.21. The standard InChI is InChI=1S/C14H17N3O2/c18-9-7-16-14(19)13(17-8-6-15-11-17)10-12-4-2-1-3-5-12/h1-6,8,11,13,18H,7,9-10H2,(H,16,19)/t13-/m0/s1. The van der Waals surface area contributed by atoms with Crippen LogP contribution in [0.2, 0.25) is 0 Å². The third-order valence-electron chi connectivity index (χ3n) is 2.87. The molecule has 0 aliphatic rings. The number of aliphatic hydroxyl groups is 1. The van der Waals surface area contributed by atoms with Crippen molar-refractivity contribution in [1.82, 2.24) is 14.9 Å². The average Bonchev–Trinajstić information content (AvgIpc) is 2.97. The minimum atomic E-state index is -0.351. The smallest absolute Gasteiger partial charge is 0.243 e. The normalized spacial score (nSPS) is 12.1. The number of nitrogens with one attached hydrogen (secondary N) is 1. The number of carbonyl (C=O) groups is 1. The van der Waals surface area contributed by atoms with E-state index in [0.717, 1.165) is 5.56 Å². The first-order valence-corrected chi connectivity index (χ1v) is 6.21.